The number of carboxylic acid groups (broad SMARTS) is 1. The monoisotopic (exact) mass is 265 g/mol. The van der Waals surface area contributed by atoms with E-state index in [0.717, 1.165) is 24.7 Å². The van der Waals surface area contributed by atoms with Crippen molar-refractivity contribution < 1.29 is 9.90 Å². The Bertz CT molecular complexity index is 534. The number of aromatic nitrogens is 2. The summed E-state index contributed by atoms with van der Waals surface area (Å²) >= 11 is 0. The molecule has 0 unspecified atom stereocenters. The second kappa shape index (κ2) is 6.72. The molecule has 1 heterocycles. The van der Waals surface area contributed by atoms with Crippen LogP contribution in [-0.4, -0.2) is 34.4 Å². The maximum atomic E-state index is 11.9. The summed E-state index contributed by atoms with van der Waals surface area (Å²) in [5.41, 5.74) is 1.10. The lowest BCUT2D eigenvalue weighted by Crippen LogP contribution is -2.26. The van der Waals surface area contributed by atoms with E-state index in [9.17, 15) is 9.59 Å². The number of rotatable bonds is 6. The van der Waals surface area contributed by atoms with E-state index in [2.05, 4.69) is 12.0 Å². The van der Waals surface area contributed by atoms with Gasteiger partial charge in [0.05, 0.1) is 18.4 Å². The fourth-order valence-electron chi connectivity index (χ4n) is 1.71. The van der Waals surface area contributed by atoms with Gasteiger partial charge in [0.25, 0.3) is 5.56 Å². The summed E-state index contributed by atoms with van der Waals surface area (Å²) in [6, 6.07) is 1.51. The van der Waals surface area contributed by atoms with Gasteiger partial charge in [-0.25, -0.2) is 9.48 Å². The van der Waals surface area contributed by atoms with E-state index >= 15 is 0 Å². The molecular formula is C13H19N3O3. The number of anilines is 1. The fourth-order valence-corrected chi connectivity index (χ4v) is 1.71. The largest absolute Gasteiger partial charge is 0.478 e. The van der Waals surface area contributed by atoms with E-state index < -0.39 is 5.97 Å². The zero-order chi connectivity index (χ0) is 14.4. The predicted octanol–water partition coefficient (Wildman–Crippen LogP) is 1.12. The van der Waals surface area contributed by atoms with Gasteiger partial charge in [0.1, 0.15) is 0 Å². The third kappa shape index (κ3) is 4.57. The molecule has 19 heavy (non-hydrogen) atoms. The first-order valence-corrected chi connectivity index (χ1v) is 6.12. The minimum atomic E-state index is -1.02. The van der Waals surface area contributed by atoms with Crippen molar-refractivity contribution in [3.63, 3.8) is 0 Å². The molecular weight excluding hydrogens is 246 g/mol. The molecule has 6 nitrogen and oxygen atoms in total. The van der Waals surface area contributed by atoms with Crippen molar-refractivity contribution in [1.29, 1.82) is 0 Å². The van der Waals surface area contributed by atoms with Gasteiger partial charge in [-0.15, -0.1) is 0 Å². The molecule has 0 radical (unpaired) electrons. The summed E-state index contributed by atoms with van der Waals surface area (Å²) in [6.07, 6.45) is 3.68. The number of carbonyl (C=O) groups is 1. The molecule has 1 aromatic rings. The molecule has 104 valence electrons. The fraction of sp³-hybridized carbons (Fsp3) is 0.462. The van der Waals surface area contributed by atoms with Crippen LogP contribution >= 0.6 is 0 Å². The summed E-state index contributed by atoms with van der Waals surface area (Å²) in [5, 5.41) is 12.7. The van der Waals surface area contributed by atoms with Gasteiger partial charge >= 0.3 is 5.97 Å². The van der Waals surface area contributed by atoms with Gasteiger partial charge in [-0.3, -0.25) is 4.79 Å². The van der Waals surface area contributed by atoms with Gasteiger partial charge < -0.3 is 10.0 Å². The maximum absolute atomic E-state index is 11.9. The Kier molecular flexibility index (Phi) is 5.29. The molecule has 6 heteroatoms. The lowest BCUT2D eigenvalue weighted by Gasteiger charge is -2.17. The Labute approximate surface area is 112 Å². The number of aliphatic carboxylic acids is 1. The normalized spacial score (nSPS) is 11.4. The maximum Gasteiger partial charge on any atom is 0.328 e. The van der Waals surface area contributed by atoms with Gasteiger partial charge in [-0.05, 0) is 18.9 Å². The quantitative estimate of drug-likeness (QED) is 0.780. The van der Waals surface area contributed by atoms with Crippen molar-refractivity contribution >= 4 is 11.7 Å². The second-order valence-corrected chi connectivity index (χ2v) is 4.46. The highest BCUT2D eigenvalue weighted by Crippen LogP contribution is 2.07. The molecule has 0 aliphatic rings. The molecule has 1 rings (SSSR count). The molecule has 0 aliphatic heterocycles. The number of allylic oxidation sites excluding steroid dienone is 1. The highest BCUT2D eigenvalue weighted by atomic mass is 16.4. The van der Waals surface area contributed by atoms with Crippen LogP contribution in [0.4, 0.5) is 5.69 Å². The highest BCUT2D eigenvalue weighted by molar-refractivity contribution is 5.80. The standard InChI is InChI=1S/C13H19N3O3/c1-4-5-15(3)11-7-12(17)16(14-8-11)9-10(2)6-13(18)19/h6-8H,4-5,9H2,1-3H3,(H,18,19). The van der Waals surface area contributed by atoms with E-state index in [0.29, 0.717) is 5.57 Å². The van der Waals surface area contributed by atoms with Crippen LogP contribution in [0.3, 0.4) is 0 Å². The number of hydrogen-bond acceptors (Lipinski definition) is 4. The second-order valence-electron chi connectivity index (χ2n) is 4.46. The smallest absolute Gasteiger partial charge is 0.328 e. The minimum absolute atomic E-state index is 0.183. The summed E-state index contributed by atoms with van der Waals surface area (Å²) in [5.74, 6) is -1.02. The van der Waals surface area contributed by atoms with Crippen molar-refractivity contribution in [3.05, 3.63) is 34.3 Å². The minimum Gasteiger partial charge on any atom is -0.478 e. The van der Waals surface area contributed by atoms with Crippen LogP contribution < -0.4 is 10.5 Å². The van der Waals surface area contributed by atoms with Gasteiger partial charge in [-0.2, -0.15) is 5.10 Å². The first-order chi connectivity index (χ1) is 8.93. The number of nitrogens with zero attached hydrogens (tertiary/aromatic N) is 3. The first-order valence-electron chi connectivity index (χ1n) is 6.12. The highest BCUT2D eigenvalue weighted by Gasteiger charge is 2.05. The lowest BCUT2D eigenvalue weighted by molar-refractivity contribution is -0.131. The van der Waals surface area contributed by atoms with Crippen molar-refractivity contribution in [2.75, 3.05) is 18.5 Å². The van der Waals surface area contributed by atoms with Gasteiger partial charge in [-0.1, -0.05) is 6.92 Å². The number of hydrogen-bond donors (Lipinski definition) is 1. The molecule has 0 saturated heterocycles. The van der Waals surface area contributed by atoms with Crippen LogP contribution in [-0.2, 0) is 11.3 Å². The van der Waals surface area contributed by atoms with Gasteiger partial charge in [0, 0.05) is 25.7 Å². The van der Waals surface area contributed by atoms with E-state index in [1.54, 1.807) is 13.1 Å². The Hall–Kier alpha value is -2.11. The van der Waals surface area contributed by atoms with Crippen molar-refractivity contribution in [2.24, 2.45) is 0 Å². The molecule has 0 aromatic carbocycles. The summed E-state index contributed by atoms with van der Waals surface area (Å²) in [6.45, 7) is 4.75. The summed E-state index contributed by atoms with van der Waals surface area (Å²) < 4.78 is 1.25. The topological polar surface area (TPSA) is 75.4 Å². The van der Waals surface area contributed by atoms with Gasteiger partial charge in [0.2, 0.25) is 0 Å². The average molecular weight is 265 g/mol. The lowest BCUT2D eigenvalue weighted by atomic mass is 10.3. The van der Waals surface area contributed by atoms with Crippen LogP contribution in [0.25, 0.3) is 0 Å². The molecule has 0 bridgehead atoms. The molecule has 0 saturated carbocycles. The Balaban J connectivity index is 2.89. The van der Waals surface area contributed by atoms with Crippen LogP contribution in [0.15, 0.2) is 28.7 Å². The third-order valence-corrected chi connectivity index (χ3v) is 2.62. The van der Waals surface area contributed by atoms with E-state index in [-0.39, 0.29) is 12.1 Å². The van der Waals surface area contributed by atoms with Crippen LogP contribution in [0.2, 0.25) is 0 Å². The van der Waals surface area contributed by atoms with Gasteiger partial charge in [0.15, 0.2) is 0 Å². The first kappa shape index (κ1) is 14.9. The molecule has 0 amide bonds. The molecule has 0 aliphatic carbocycles. The van der Waals surface area contributed by atoms with Crippen molar-refractivity contribution in [2.45, 2.75) is 26.8 Å². The average Bonchev–Trinajstić information content (AvgIpc) is 2.31. The Morgan fingerprint density at radius 3 is 2.79 bits per heavy atom. The van der Waals surface area contributed by atoms with Crippen LogP contribution in [0, 0.1) is 0 Å². The Morgan fingerprint density at radius 2 is 2.26 bits per heavy atom. The molecule has 0 spiro atoms. The summed E-state index contributed by atoms with van der Waals surface area (Å²) in [4.78, 5) is 24.3. The van der Waals surface area contributed by atoms with E-state index in [1.807, 2.05) is 11.9 Å². The molecule has 1 N–H and O–H groups in total. The van der Waals surface area contributed by atoms with Crippen molar-refractivity contribution in [3.8, 4) is 0 Å². The number of carboxylic acids is 1. The molecule has 1 aromatic heterocycles. The third-order valence-electron chi connectivity index (χ3n) is 2.62. The van der Waals surface area contributed by atoms with Crippen LogP contribution in [0.1, 0.15) is 20.3 Å². The van der Waals surface area contributed by atoms with E-state index in [1.165, 1.54) is 10.7 Å². The van der Waals surface area contributed by atoms with Crippen molar-refractivity contribution in [1.82, 2.24) is 9.78 Å². The molecule has 0 atom stereocenters. The Morgan fingerprint density at radius 1 is 1.58 bits per heavy atom. The zero-order valence-electron chi connectivity index (χ0n) is 11.5. The van der Waals surface area contributed by atoms with E-state index in [4.69, 9.17) is 5.11 Å². The zero-order valence-corrected chi connectivity index (χ0v) is 11.5. The molecule has 0 fully saturated rings. The SMILES string of the molecule is CCCN(C)c1cnn(CC(C)=CC(=O)O)c(=O)c1. The summed E-state index contributed by atoms with van der Waals surface area (Å²) in [7, 11) is 1.90. The predicted molar refractivity (Wildman–Crippen MR) is 73.5 cm³/mol. The van der Waals surface area contributed by atoms with Crippen LogP contribution in [0.5, 0.6) is 0 Å².